The molecule has 0 aliphatic heterocycles. The summed E-state index contributed by atoms with van der Waals surface area (Å²) in [6.45, 7) is 5.52. The van der Waals surface area contributed by atoms with Crippen LogP contribution in [0, 0.1) is 13.8 Å². The predicted molar refractivity (Wildman–Crippen MR) is 123 cm³/mol. The number of hydrogen-bond acceptors (Lipinski definition) is 6. The van der Waals surface area contributed by atoms with Gasteiger partial charge in [-0.25, -0.2) is 22.2 Å². The number of carbonyl (C=O) groups excluding carboxylic acids is 2. The Hall–Kier alpha value is -3.31. The summed E-state index contributed by atoms with van der Waals surface area (Å²) in [5.74, 6) is -0.741. The number of hydrogen-bond donors (Lipinski definition) is 2. The lowest BCUT2D eigenvalue weighted by Crippen LogP contribution is -2.27. The third-order valence-corrected chi connectivity index (χ3v) is 7.44. The van der Waals surface area contributed by atoms with Crippen LogP contribution >= 0.6 is 0 Å². The highest BCUT2D eigenvalue weighted by atomic mass is 32.2. The molecule has 2 aromatic heterocycles. The van der Waals surface area contributed by atoms with Gasteiger partial charge in [0.1, 0.15) is 5.56 Å². The Bertz CT molecular complexity index is 1310. The molecular formula is C22H28N6O4S. The van der Waals surface area contributed by atoms with E-state index < -0.39 is 15.9 Å². The molecule has 1 unspecified atom stereocenters. The second-order valence-electron chi connectivity index (χ2n) is 8.06. The minimum Gasteiger partial charge on any atom is -0.365 e. The lowest BCUT2D eigenvalue weighted by molar-refractivity contribution is -0.121. The minimum atomic E-state index is -3.50. The molecule has 0 saturated carbocycles. The number of fused-ring (bicyclic) bond motifs is 1. The molecule has 1 atom stereocenters. The highest BCUT2D eigenvalue weighted by Crippen LogP contribution is 2.20. The molecule has 3 rings (SSSR count). The quantitative estimate of drug-likeness (QED) is 0.509. The number of aromatic nitrogens is 3. The number of sulfonamides is 1. The number of benzene rings is 1. The number of nitrogens with two attached hydrogens (primary N) is 1. The Kier molecular flexibility index (Phi) is 6.84. The first-order valence-electron chi connectivity index (χ1n) is 10.4. The minimum absolute atomic E-state index is 0.148. The van der Waals surface area contributed by atoms with Crippen LogP contribution in [-0.4, -0.2) is 53.2 Å². The number of amides is 2. The standard InChI is InChI=1S/C22H28N6O4S/c1-13(16-6-8-17(9-7-16)33(31,32)27(4)5)25-20(29)11-10-18-14(2)26-22-19(21(23)30)12-24-28(22)15(18)3/h6-9,12-13H,10-11H2,1-5H3,(H2,23,30)(H,25,29). The van der Waals surface area contributed by atoms with E-state index in [0.717, 1.165) is 21.1 Å². The summed E-state index contributed by atoms with van der Waals surface area (Å²) < 4.78 is 27.1. The summed E-state index contributed by atoms with van der Waals surface area (Å²) in [7, 11) is -0.546. The molecule has 11 heteroatoms. The van der Waals surface area contributed by atoms with E-state index in [1.54, 1.807) is 16.6 Å². The van der Waals surface area contributed by atoms with Gasteiger partial charge >= 0.3 is 0 Å². The molecule has 0 bridgehead atoms. The lowest BCUT2D eigenvalue weighted by Gasteiger charge is -2.17. The zero-order valence-corrected chi connectivity index (χ0v) is 20.1. The molecule has 2 amide bonds. The van der Waals surface area contributed by atoms with Crippen molar-refractivity contribution in [2.24, 2.45) is 5.73 Å². The average molecular weight is 473 g/mol. The number of carbonyl (C=O) groups is 2. The van der Waals surface area contributed by atoms with E-state index >= 15 is 0 Å². The van der Waals surface area contributed by atoms with Gasteiger partial charge in [-0.2, -0.15) is 5.10 Å². The number of rotatable bonds is 8. The summed E-state index contributed by atoms with van der Waals surface area (Å²) in [5.41, 5.74) is 9.22. The van der Waals surface area contributed by atoms with Crippen molar-refractivity contribution in [2.45, 2.75) is 44.6 Å². The first kappa shape index (κ1) is 24.3. The van der Waals surface area contributed by atoms with Crippen LogP contribution in [0.2, 0.25) is 0 Å². The van der Waals surface area contributed by atoms with Crippen molar-refractivity contribution in [1.82, 2.24) is 24.2 Å². The van der Waals surface area contributed by atoms with Gasteiger partial charge in [0.25, 0.3) is 5.91 Å². The van der Waals surface area contributed by atoms with Crippen LogP contribution in [-0.2, 0) is 21.2 Å². The van der Waals surface area contributed by atoms with Crippen LogP contribution in [0.25, 0.3) is 5.65 Å². The molecule has 0 aliphatic rings. The van der Waals surface area contributed by atoms with Gasteiger partial charge in [-0.1, -0.05) is 12.1 Å². The van der Waals surface area contributed by atoms with E-state index in [0.29, 0.717) is 17.8 Å². The lowest BCUT2D eigenvalue weighted by atomic mass is 10.0. The van der Waals surface area contributed by atoms with E-state index in [2.05, 4.69) is 15.4 Å². The third-order valence-electron chi connectivity index (χ3n) is 5.61. The molecule has 3 N–H and O–H groups in total. The second-order valence-corrected chi connectivity index (χ2v) is 10.2. The van der Waals surface area contributed by atoms with Crippen LogP contribution in [0.5, 0.6) is 0 Å². The molecule has 3 aromatic rings. The maximum absolute atomic E-state index is 12.6. The van der Waals surface area contributed by atoms with Crippen LogP contribution in [0.4, 0.5) is 0 Å². The van der Waals surface area contributed by atoms with Crippen LogP contribution < -0.4 is 11.1 Å². The van der Waals surface area contributed by atoms with Gasteiger partial charge in [0.15, 0.2) is 5.65 Å². The van der Waals surface area contributed by atoms with Gasteiger partial charge in [0, 0.05) is 31.9 Å². The van der Waals surface area contributed by atoms with Gasteiger partial charge in [0.2, 0.25) is 15.9 Å². The molecule has 0 spiro atoms. The molecule has 0 radical (unpaired) electrons. The molecule has 0 saturated heterocycles. The zero-order valence-electron chi connectivity index (χ0n) is 19.3. The molecule has 2 heterocycles. The molecule has 0 aliphatic carbocycles. The fraction of sp³-hybridized carbons (Fsp3) is 0.364. The Labute approximate surface area is 192 Å². The second kappa shape index (κ2) is 9.28. The fourth-order valence-electron chi connectivity index (χ4n) is 3.62. The largest absolute Gasteiger partial charge is 0.365 e. The Morgan fingerprint density at radius 2 is 1.82 bits per heavy atom. The van der Waals surface area contributed by atoms with E-state index in [9.17, 15) is 18.0 Å². The summed E-state index contributed by atoms with van der Waals surface area (Å²) >= 11 is 0. The van der Waals surface area contributed by atoms with E-state index in [1.165, 1.54) is 32.4 Å². The van der Waals surface area contributed by atoms with Gasteiger partial charge in [-0.3, -0.25) is 9.59 Å². The van der Waals surface area contributed by atoms with Crippen LogP contribution in [0.1, 0.15) is 52.3 Å². The highest BCUT2D eigenvalue weighted by molar-refractivity contribution is 7.89. The van der Waals surface area contributed by atoms with Gasteiger partial charge in [-0.15, -0.1) is 0 Å². The van der Waals surface area contributed by atoms with Crippen LogP contribution in [0.3, 0.4) is 0 Å². The van der Waals surface area contributed by atoms with Crippen molar-refractivity contribution < 1.29 is 18.0 Å². The van der Waals surface area contributed by atoms with Crippen molar-refractivity contribution in [3.8, 4) is 0 Å². The Morgan fingerprint density at radius 1 is 1.18 bits per heavy atom. The Balaban J connectivity index is 1.68. The molecule has 0 fully saturated rings. The van der Waals surface area contributed by atoms with Gasteiger partial charge < -0.3 is 11.1 Å². The Morgan fingerprint density at radius 3 is 2.39 bits per heavy atom. The first-order valence-corrected chi connectivity index (χ1v) is 11.8. The zero-order chi connectivity index (χ0) is 24.5. The third kappa shape index (κ3) is 4.88. The summed E-state index contributed by atoms with van der Waals surface area (Å²) in [6, 6.07) is 6.17. The van der Waals surface area contributed by atoms with Crippen molar-refractivity contribution in [3.05, 3.63) is 58.5 Å². The topological polar surface area (TPSA) is 140 Å². The molecule has 176 valence electrons. The van der Waals surface area contributed by atoms with Crippen molar-refractivity contribution in [3.63, 3.8) is 0 Å². The molecule has 33 heavy (non-hydrogen) atoms. The van der Waals surface area contributed by atoms with Crippen molar-refractivity contribution in [1.29, 1.82) is 0 Å². The number of nitrogens with one attached hydrogen (secondary N) is 1. The number of primary amides is 1. The van der Waals surface area contributed by atoms with Gasteiger partial charge in [0.05, 0.1) is 17.1 Å². The normalized spacial score (nSPS) is 12.8. The van der Waals surface area contributed by atoms with Crippen molar-refractivity contribution >= 4 is 27.5 Å². The van der Waals surface area contributed by atoms with Gasteiger partial charge in [-0.05, 0) is 50.5 Å². The summed E-state index contributed by atoms with van der Waals surface area (Å²) in [6.07, 6.45) is 2.07. The SMILES string of the molecule is Cc1nc2c(C(N)=O)cnn2c(C)c1CCC(=O)NC(C)c1ccc(S(=O)(=O)N(C)C)cc1. The average Bonchev–Trinajstić information content (AvgIpc) is 3.17. The first-order chi connectivity index (χ1) is 15.4. The summed E-state index contributed by atoms with van der Waals surface area (Å²) in [4.78, 5) is 28.8. The van der Waals surface area contributed by atoms with Crippen LogP contribution in [0.15, 0.2) is 35.4 Å². The maximum atomic E-state index is 12.6. The van der Waals surface area contributed by atoms with E-state index in [4.69, 9.17) is 5.73 Å². The monoisotopic (exact) mass is 472 g/mol. The van der Waals surface area contributed by atoms with E-state index in [1.807, 2.05) is 20.8 Å². The maximum Gasteiger partial charge on any atom is 0.254 e. The molecule has 10 nitrogen and oxygen atoms in total. The highest BCUT2D eigenvalue weighted by Gasteiger charge is 2.19. The molecular weight excluding hydrogens is 444 g/mol. The fourth-order valence-corrected chi connectivity index (χ4v) is 4.52. The summed E-state index contributed by atoms with van der Waals surface area (Å²) in [5, 5.41) is 7.14. The smallest absolute Gasteiger partial charge is 0.254 e. The van der Waals surface area contributed by atoms with E-state index in [-0.39, 0.29) is 28.8 Å². The number of aryl methyl sites for hydroxylation is 2. The van der Waals surface area contributed by atoms with Crippen molar-refractivity contribution in [2.75, 3.05) is 14.1 Å². The predicted octanol–water partition coefficient (Wildman–Crippen LogP) is 1.51. The molecule has 1 aromatic carbocycles. The number of nitrogens with zero attached hydrogens (tertiary/aromatic N) is 4.